The minimum absolute atomic E-state index is 0.0736. The van der Waals surface area contributed by atoms with Crippen LogP contribution in [-0.2, 0) is 7.05 Å². The third-order valence-electron chi connectivity index (χ3n) is 5.76. The van der Waals surface area contributed by atoms with Gasteiger partial charge in [-0.2, -0.15) is 0 Å². The molecule has 146 valence electrons. The van der Waals surface area contributed by atoms with Gasteiger partial charge < -0.3 is 30.3 Å². The van der Waals surface area contributed by atoms with Gasteiger partial charge in [-0.25, -0.2) is 9.78 Å². The number of rotatable bonds is 2. The first-order chi connectivity index (χ1) is 12.9. The van der Waals surface area contributed by atoms with Gasteiger partial charge in [0, 0.05) is 32.7 Å². The molecule has 0 saturated carbocycles. The summed E-state index contributed by atoms with van der Waals surface area (Å²) >= 11 is 0. The quantitative estimate of drug-likeness (QED) is 0.739. The van der Waals surface area contributed by atoms with E-state index in [-0.39, 0.29) is 12.1 Å². The smallest absolute Gasteiger partial charge is 0.407 e. The fourth-order valence-electron chi connectivity index (χ4n) is 4.48. The number of nitrogens with two attached hydrogens (primary N) is 1. The fourth-order valence-corrected chi connectivity index (χ4v) is 4.48. The normalized spacial score (nSPS) is 26.6. The van der Waals surface area contributed by atoms with Crippen LogP contribution in [0.3, 0.4) is 0 Å². The zero-order valence-electron chi connectivity index (χ0n) is 15.6. The van der Waals surface area contributed by atoms with E-state index < -0.39 is 12.2 Å². The lowest BCUT2D eigenvalue weighted by Gasteiger charge is -2.34. The van der Waals surface area contributed by atoms with Crippen molar-refractivity contribution < 1.29 is 15.0 Å². The van der Waals surface area contributed by atoms with E-state index in [2.05, 4.69) is 0 Å². The number of imidazole rings is 1. The van der Waals surface area contributed by atoms with Crippen molar-refractivity contribution in [3.8, 4) is 0 Å². The summed E-state index contributed by atoms with van der Waals surface area (Å²) in [5, 5.41) is 19.6. The first kappa shape index (κ1) is 18.1. The molecule has 0 radical (unpaired) electrons. The van der Waals surface area contributed by atoms with Crippen molar-refractivity contribution in [2.75, 3.05) is 24.5 Å². The molecule has 0 aliphatic carbocycles. The summed E-state index contributed by atoms with van der Waals surface area (Å²) < 4.78 is 2.01. The van der Waals surface area contributed by atoms with Crippen molar-refractivity contribution >= 4 is 23.1 Å². The van der Waals surface area contributed by atoms with Crippen LogP contribution in [0.1, 0.15) is 37.3 Å². The number of carbonyl (C=O) groups is 1. The summed E-state index contributed by atoms with van der Waals surface area (Å²) in [6, 6.07) is 5.84. The van der Waals surface area contributed by atoms with Crippen LogP contribution in [0.25, 0.3) is 11.0 Å². The molecule has 2 aromatic rings. The number of carboxylic acid groups (broad SMARTS) is 1. The highest BCUT2D eigenvalue weighted by Crippen LogP contribution is 2.33. The van der Waals surface area contributed by atoms with E-state index in [1.54, 1.807) is 0 Å². The largest absolute Gasteiger partial charge is 0.465 e. The molecule has 1 amide bonds. The minimum Gasteiger partial charge on any atom is -0.465 e. The highest BCUT2D eigenvalue weighted by Gasteiger charge is 2.29. The average molecular weight is 373 g/mol. The molecular formula is C19H27N5O3. The Morgan fingerprint density at radius 2 is 2.11 bits per heavy atom. The Bertz CT molecular complexity index is 841. The van der Waals surface area contributed by atoms with Crippen molar-refractivity contribution in [3.63, 3.8) is 0 Å². The van der Waals surface area contributed by atoms with Crippen LogP contribution >= 0.6 is 0 Å². The highest BCUT2D eigenvalue weighted by atomic mass is 16.4. The Morgan fingerprint density at radius 1 is 1.30 bits per heavy atom. The van der Waals surface area contributed by atoms with Crippen molar-refractivity contribution in [1.82, 2.24) is 14.5 Å². The molecule has 8 nitrogen and oxygen atoms in total. The van der Waals surface area contributed by atoms with E-state index in [1.807, 2.05) is 34.7 Å². The fraction of sp³-hybridized carbons (Fsp3) is 0.579. The Hall–Kier alpha value is -2.32. The molecule has 3 atom stereocenters. The van der Waals surface area contributed by atoms with Gasteiger partial charge in [0.05, 0.1) is 23.2 Å². The van der Waals surface area contributed by atoms with Crippen LogP contribution in [0, 0.1) is 0 Å². The molecule has 27 heavy (non-hydrogen) atoms. The van der Waals surface area contributed by atoms with E-state index in [0.717, 1.165) is 41.8 Å². The summed E-state index contributed by atoms with van der Waals surface area (Å²) in [6.45, 7) is 1.76. The third kappa shape index (κ3) is 3.35. The predicted octanol–water partition coefficient (Wildman–Crippen LogP) is 1.68. The summed E-state index contributed by atoms with van der Waals surface area (Å²) in [4.78, 5) is 19.9. The van der Waals surface area contributed by atoms with E-state index >= 15 is 0 Å². The average Bonchev–Trinajstić information content (AvgIpc) is 2.97. The molecule has 4 rings (SSSR count). The number of nitrogens with zero attached hydrogens (tertiary/aromatic N) is 4. The highest BCUT2D eigenvalue weighted by molar-refractivity contribution is 5.80. The molecule has 8 heteroatoms. The molecule has 1 unspecified atom stereocenters. The molecule has 2 saturated heterocycles. The van der Waals surface area contributed by atoms with Crippen LogP contribution in [0.2, 0.25) is 0 Å². The van der Waals surface area contributed by atoms with Gasteiger partial charge in [-0.3, -0.25) is 0 Å². The third-order valence-corrected chi connectivity index (χ3v) is 5.76. The van der Waals surface area contributed by atoms with Gasteiger partial charge in [-0.05, 0) is 43.4 Å². The topological polar surface area (TPSA) is 108 Å². The molecule has 0 spiro atoms. The second-order valence-electron chi connectivity index (χ2n) is 7.76. The van der Waals surface area contributed by atoms with E-state index in [9.17, 15) is 15.0 Å². The number of fused-ring (bicyclic) bond motifs is 1. The predicted molar refractivity (Wildman–Crippen MR) is 103 cm³/mol. The van der Waals surface area contributed by atoms with Gasteiger partial charge in [-0.1, -0.05) is 6.07 Å². The number of hydrogen-bond donors (Lipinski definition) is 3. The van der Waals surface area contributed by atoms with Crippen molar-refractivity contribution in [2.45, 2.75) is 43.9 Å². The lowest BCUT2D eigenvalue weighted by atomic mass is 9.95. The lowest BCUT2D eigenvalue weighted by Crippen LogP contribution is -2.50. The van der Waals surface area contributed by atoms with Gasteiger partial charge in [0.15, 0.2) is 0 Å². The van der Waals surface area contributed by atoms with E-state index in [0.29, 0.717) is 26.1 Å². The van der Waals surface area contributed by atoms with Crippen molar-refractivity contribution in [3.05, 3.63) is 23.8 Å². The molecule has 0 bridgehead atoms. The molecule has 2 aliphatic rings. The molecule has 2 fully saturated rings. The molecule has 1 aromatic heterocycles. The number of aliphatic hydroxyl groups is 1. The lowest BCUT2D eigenvalue weighted by molar-refractivity contribution is 0.107. The zero-order valence-corrected chi connectivity index (χ0v) is 15.6. The van der Waals surface area contributed by atoms with Crippen LogP contribution in [0.4, 0.5) is 10.7 Å². The number of piperidine rings is 2. The minimum atomic E-state index is -0.863. The summed E-state index contributed by atoms with van der Waals surface area (Å²) in [5.41, 5.74) is 8.88. The Morgan fingerprint density at radius 3 is 2.85 bits per heavy atom. The molecule has 2 aliphatic heterocycles. The number of β-amino-alcohol motifs (C(OH)–C–C–N with tert-alkyl or cyclic N) is 1. The Kier molecular flexibility index (Phi) is 4.69. The summed E-state index contributed by atoms with van der Waals surface area (Å²) in [5.74, 6) is 0.787. The van der Waals surface area contributed by atoms with E-state index in [1.165, 1.54) is 4.90 Å². The van der Waals surface area contributed by atoms with Crippen LogP contribution < -0.4 is 10.6 Å². The second kappa shape index (κ2) is 7.01. The Labute approximate surface area is 158 Å². The number of hydrogen-bond acceptors (Lipinski definition) is 5. The maximum Gasteiger partial charge on any atom is 0.407 e. The van der Waals surface area contributed by atoms with Gasteiger partial charge in [0.2, 0.25) is 5.95 Å². The maximum absolute atomic E-state index is 11.6. The summed E-state index contributed by atoms with van der Waals surface area (Å²) in [7, 11) is 1.96. The van der Waals surface area contributed by atoms with Crippen LogP contribution in [-0.4, -0.2) is 62.5 Å². The first-order valence-corrected chi connectivity index (χ1v) is 9.58. The number of aliphatic hydroxyl groups excluding tert-OH is 1. The number of likely N-dealkylation sites (tertiary alicyclic amines) is 1. The van der Waals surface area contributed by atoms with Gasteiger partial charge in [-0.15, -0.1) is 0 Å². The monoisotopic (exact) mass is 373 g/mol. The molecule has 4 N–H and O–H groups in total. The number of benzene rings is 1. The van der Waals surface area contributed by atoms with Crippen molar-refractivity contribution in [2.24, 2.45) is 12.8 Å². The Balaban J connectivity index is 1.68. The van der Waals surface area contributed by atoms with E-state index in [4.69, 9.17) is 10.7 Å². The molecular weight excluding hydrogens is 346 g/mol. The van der Waals surface area contributed by atoms with Crippen molar-refractivity contribution in [1.29, 1.82) is 0 Å². The van der Waals surface area contributed by atoms with Gasteiger partial charge >= 0.3 is 6.09 Å². The molecule has 3 heterocycles. The maximum atomic E-state index is 11.6. The SMILES string of the molecule is Cn1c(N2C[C@H](N)C[C@@H](O)C2)nc2cc(C3CCCCN3C(=O)O)ccc21. The zero-order chi connectivity index (χ0) is 19.1. The first-order valence-electron chi connectivity index (χ1n) is 9.58. The standard InChI is InChI=1S/C19H27N5O3/c1-22-17-6-5-12(16-4-2-3-7-24(16)19(26)27)8-15(17)21-18(22)23-10-13(20)9-14(25)11-23/h5-6,8,13-14,16,25H,2-4,7,9-11,20H2,1H3,(H,26,27)/t13-,14-,16?/m1/s1. The van der Waals surface area contributed by atoms with Crippen LogP contribution in [0.5, 0.6) is 0 Å². The second-order valence-corrected chi connectivity index (χ2v) is 7.76. The molecule has 1 aromatic carbocycles. The number of anilines is 1. The van der Waals surface area contributed by atoms with Gasteiger partial charge in [0.25, 0.3) is 0 Å². The summed E-state index contributed by atoms with van der Waals surface area (Å²) in [6.07, 6.45) is 2.08. The van der Waals surface area contributed by atoms with Gasteiger partial charge in [0.1, 0.15) is 0 Å². The number of aryl methyl sites for hydroxylation is 1. The number of aromatic nitrogens is 2. The number of amides is 1. The van der Waals surface area contributed by atoms with Crippen LogP contribution in [0.15, 0.2) is 18.2 Å².